The van der Waals surface area contributed by atoms with Crippen LogP contribution >= 0.6 is 0 Å². The Morgan fingerprint density at radius 3 is 2.39 bits per heavy atom. The number of rotatable bonds is 5. The first kappa shape index (κ1) is 14.2. The van der Waals surface area contributed by atoms with Gasteiger partial charge in [0, 0.05) is 19.2 Å². The van der Waals surface area contributed by atoms with E-state index in [4.69, 9.17) is 5.11 Å². The van der Waals surface area contributed by atoms with Gasteiger partial charge in [-0.25, -0.2) is 0 Å². The normalized spacial score (nSPS) is 11.7. The molecule has 3 N–H and O–H groups in total. The highest BCUT2D eigenvalue weighted by Gasteiger charge is 2.04. The third kappa shape index (κ3) is 5.45. The average molecular weight is 250 g/mol. The van der Waals surface area contributed by atoms with Crippen LogP contribution in [-0.4, -0.2) is 29.6 Å². The topological polar surface area (TPSA) is 78.4 Å². The van der Waals surface area contributed by atoms with Crippen LogP contribution in [-0.2, 0) is 16.0 Å². The third-order valence-corrected chi connectivity index (χ3v) is 2.23. The van der Waals surface area contributed by atoms with Crippen LogP contribution in [0.1, 0.15) is 19.4 Å². The van der Waals surface area contributed by atoms with Crippen molar-refractivity contribution >= 4 is 17.5 Å². The standard InChI is InChI=1S/C13H18N2O3/c1-9(16)8-14-13(18)7-11-3-5-12(6-4-11)15-10(2)17/h3-6,9,16H,7-8H2,1-2H3,(H,14,18)(H,15,17)/t9-/m1/s1. The first-order valence-electron chi connectivity index (χ1n) is 5.78. The van der Waals surface area contributed by atoms with Gasteiger partial charge in [0.05, 0.1) is 12.5 Å². The Hall–Kier alpha value is -1.88. The fourth-order valence-electron chi connectivity index (χ4n) is 1.42. The van der Waals surface area contributed by atoms with E-state index in [1.165, 1.54) is 6.92 Å². The average Bonchev–Trinajstić information content (AvgIpc) is 2.28. The van der Waals surface area contributed by atoms with E-state index in [-0.39, 0.29) is 24.8 Å². The quantitative estimate of drug-likeness (QED) is 0.719. The molecule has 0 aliphatic rings. The van der Waals surface area contributed by atoms with Crippen LogP contribution in [0.15, 0.2) is 24.3 Å². The number of aliphatic hydroxyl groups is 1. The van der Waals surface area contributed by atoms with Gasteiger partial charge in [0.15, 0.2) is 0 Å². The number of anilines is 1. The molecule has 5 nitrogen and oxygen atoms in total. The molecule has 98 valence electrons. The summed E-state index contributed by atoms with van der Waals surface area (Å²) >= 11 is 0. The summed E-state index contributed by atoms with van der Waals surface area (Å²) in [7, 11) is 0. The van der Waals surface area contributed by atoms with E-state index >= 15 is 0 Å². The molecule has 0 fully saturated rings. The summed E-state index contributed by atoms with van der Waals surface area (Å²) in [6, 6.07) is 7.07. The number of carbonyl (C=O) groups is 2. The van der Waals surface area contributed by atoms with E-state index in [9.17, 15) is 9.59 Å². The minimum atomic E-state index is -0.545. The van der Waals surface area contributed by atoms with E-state index in [0.29, 0.717) is 5.69 Å². The van der Waals surface area contributed by atoms with E-state index < -0.39 is 6.10 Å². The Morgan fingerprint density at radius 2 is 1.89 bits per heavy atom. The Bertz CT molecular complexity index is 413. The molecule has 0 saturated heterocycles. The van der Waals surface area contributed by atoms with Gasteiger partial charge in [0.2, 0.25) is 11.8 Å². The van der Waals surface area contributed by atoms with Crippen molar-refractivity contribution in [1.29, 1.82) is 0 Å². The molecule has 18 heavy (non-hydrogen) atoms. The van der Waals surface area contributed by atoms with E-state index in [0.717, 1.165) is 5.56 Å². The molecule has 0 saturated carbocycles. The van der Waals surface area contributed by atoms with Crippen molar-refractivity contribution in [1.82, 2.24) is 5.32 Å². The predicted octanol–water partition coefficient (Wildman–Crippen LogP) is 0.684. The van der Waals surface area contributed by atoms with Gasteiger partial charge in [-0.1, -0.05) is 12.1 Å². The minimum Gasteiger partial charge on any atom is -0.392 e. The lowest BCUT2D eigenvalue weighted by Gasteiger charge is -2.07. The van der Waals surface area contributed by atoms with Crippen molar-refractivity contribution in [2.75, 3.05) is 11.9 Å². The van der Waals surface area contributed by atoms with Crippen LogP contribution in [0.3, 0.4) is 0 Å². The molecular weight excluding hydrogens is 232 g/mol. The smallest absolute Gasteiger partial charge is 0.224 e. The van der Waals surface area contributed by atoms with E-state index in [1.54, 1.807) is 31.2 Å². The number of carbonyl (C=O) groups excluding carboxylic acids is 2. The maximum atomic E-state index is 11.5. The molecule has 1 rings (SSSR count). The van der Waals surface area contributed by atoms with Crippen LogP contribution in [0.2, 0.25) is 0 Å². The van der Waals surface area contributed by atoms with Crippen LogP contribution < -0.4 is 10.6 Å². The van der Waals surface area contributed by atoms with Crippen molar-refractivity contribution in [2.45, 2.75) is 26.4 Å². The van der Waals surface area contributed by atoms with Crippen molar-refractivity contribution in [2.24, 2.45) is 0 Å². The highest BCUT2D eigenvalue weighted by molar-refractivity contribution is 5.88. The maximum absolute atomic E-state index is 11.5. The Labute approximate surface area is 106 Å². The lowest BCUT2D eigenvalue weighted by atomic mass is 10.1. The summed E-state index contributed by atoms with van der Waals surface area (Å²) in [6.07, 6.45) is -0.288. The van der Waals surface area contributed by atoms with E-state index in [2.05, 4.69) is 10.6 Å². The number of amides is 2. The molecule has 2 amide bonds. The van der Waals surface area contributed by atoms with Gasteiger partial charge in [0.25, 0.3) is 0 Å². The number of benzene rings is 1. The summed E-state index contributed by atoms with van der Waals surface area (Å²) in [5.74, 6) is -0.263. The molecule has 1 atom stereocenters. The molecule has 0 aliphatic heterocycles. The highest BCUT2D eigenvalue weighted by atomic mass is 16.3. The summed E-state index contributed by atoms with van der Waals surface area (Å²) in [5, 5.41) is 14.3. The Kier molecular flexibility index (Phi) is 5.32. The van der Waals surface area contributed by atoms with Gasteiger partial charge < -0.3 is 15.7 Å². The first-order valence-corrected chi connectivity index (χ1v) is 5.78. The van der Waals surface area contributed by atoms with Crippen molar-refractivity contribution in [3.63, 3.8) is 0 Å². The maximum Gasteiger partial charge on any atom is 0.224 e. The van der Waals surface area contributed by atoms with Crippen molar-refractivity contribution in [3.8, 4) is 0 Å². The fraction of sp³-hybridized carbons (Fsp3) is 0.385. The molecule has 0 aromatic heterocycles. The molecule has 0 bridgehead atoms. The van der Waals surface area contributed by atoms with Gasteiger partial charge in [-0.2, -0.15) is 0 Å². The second-order valence-electron chi connectivity index (χ2n) is 4.21. The number of hydrogen-bond acceptors (Lipinski definition) is 3. The second kappa shape index (κ2) is 6.76. The number of aliphatic hydroxyl groups excluding tert-OH is 1. The highest BCUT2D eigenvalue weighted by Crippen LogP contribution is 2.09. The SMILES string of the molecule is CC(=O)Nc1ccc(CC(=O)NC[C@@H](C)O)cc1. The molecule has 0 radical (unpaired) electrons. The third-order valence-electron chi connectivity index (χ3n) is 2.23. The summed E-state index contributed by atoms with van der Waals surface area (Å²) in [4.78, 5) is 22.3. The number of nitrogens with one attached hydrogen (secondary N) is 2. The monoisotopic (exact) mass is 250 g/mol. The van der Waals surface area contributed by atoms with Gasteiger partial charge in [-0.15, -0.1) is 0 Å². The molecule has 1 aromatic rings. The molecule has 0 spiro atoms. The molecule has 1 aromatic carbocycles. The summed E-state index contributed by atoms with van der Waals surface area (Å²) < 4.78 is 0. The van der Waals surface area contributed by atoms with Gasteiger partial charge >= 0.3 is 0 Å². The lowest BCUT2D eigenvalue weighted by Crippen LogP contribution is -2.31. The van der Waals surface area contributed by atoms with Gasteiger partial charge in [0.1, 0.15) is 0 Å². The zero-order valence-electron chi connectivity index (χ0n) is 10.6. The van der Waals surface area contributed by atoms with Crippen molar-refractivity contribution in [3.05, 3.63) is 29.8 Å². The van der Waals surface area contributed by atoms with Crippen LogP contribution in [0.4, 0.5) is 5.69 Å². The zero-order chi connectivity index (χ0) is 13.5. The van der Waals surface area contributed by atoms with Crippen molar-refractivity contribution < 1.29 is 14.7 Å². The zero-order valence-corrected chi connectivity index (χ0v) is 10.6. The Morgan fingerprint density at radius 1 is 1.28 bits per heavy atom. The Balaban J connectivity index is 2.48. The summed E-state index contributed by atoms with van der Waals surface area (Å²) in [5.41, 5.74) is 1.56. The number of hydrogen-bond donors (Lipinski definition) is 3. The van der Waals surface area contributed by atoms with Crippen LogP contribution in [0.5, 0.6) is 0 Å². The molecule has 5 heteroatoms. The first-order chi connectivity index (χ1) is 8.47. The van der Waals surface area contributed by atoms with E-state index in [1.807, 2.05) is 0 Å². The van der Waals surface area contributed by atoms with Gasteiger partial charge in [-0.3, -0.25) is 9.59 Å². The largest absolute Gasteiger partial charge is 0.392 e. The van der Waals surface area contributed by atoms with Gasteiger partial charge in [-0.05, 0) is 24.6 Å². The molecule has 0 unspecified atom stereocenters. The lowest BCUT2D eigenvalue weighted by molar-refractivity contribution is -0.120. The van der Waals surface area contributed by atoms with Crippen LogP contribution in [0, 0.1) is 0 Å². The predicted molar refractivity (Wildman–Crippen MR) is 69.1 cm³/mol. The van der Waals surface area contributed by atoms with Crippen LogP contribution in [0.25, 0.3) is 0 Å². The molecule has 0 heterocycles. The molecular formula is C13H18N2O3. The second-order valence-corrected chi connectivity index (χ2v) is 4.21. The minimum absolute atomic E-state index is 0.127. The molecule has 0 aliphatic carbocycles. The fourth-order valence-corrected chi connectivity index (χ4v) is 1.42. The summed E-state index contributed by atoms with van der Waals surface area (Å²) in [6.45, 7) is 3.31.